The maximum atomic E-state index is 13.7. The van der Waals surface area contributed by atoms with E-state index in [1.54, 1.807) is 19.2 Å². The lowest BCUT2D eigenvalue weighted by Crippen LogP contribution is -2.17. The van der Waals surface area contributed by atoms with Crippen molar-refractivity contribution in [2.75, 3.05) is 0 Å². The maximum absolute atomic E-state index is 13.7. The minimum absolute atomic E-state index is 0.334. The Labute approximate surface area is 111 Å². The number of rotatable bonds is 2. The van der Waals surface area contributed by atoms with Crippen LogP contribution in [-0.4, -0.2) is 15.0 Å². The zero-order chi connectivity index (χ0) is 12.6. The summed E-state index contributed by atoms with van der Waals surface area (Å²) >= 11 is 8.92. The summed E-state index contributed by atoms with van der Waals surface area (Å²) in [6, 6.07) is 3.73. The van der Waals surface area contributed by atoms with Crippen LogP contribution in [0.1, 0.15) is 17.3 Å². The van der Waals surface area contributed by atoms with Gasteiger partial charge in [0.25, 0.3) is 0 Å². The molecule has 0 spiro atoms. The van der Waals surface area contributed by atoms with Crippen molar-refractivity contribution in [2.45, 2.75) is 6.04 Å². The Morgan fingerprint density at radius 2 is 2.24 bits per heavy atom. The van der Waals surface area contributed by atoms with Crippen LogP contribution < -0.4 is 5.73 Å². The Balaban J connectivity index is 2.47. The molecule has 1 unspecified atom stereocenters. The number of aryl methyl sites for hydroxylation is 1. The summed E-state index contributed by atoms with van der Waals surface area (Å²) in [5.74, 6) is -0.446. The Hall–Kier alpha value is -0.980. The van der Waals surface area contributed by atoms with Crippen molar-refractivity contribution in [1.82, 2.24) is 15.0 Å². The van der Waals surface area contributed by atoms with Crippen LogP contribution in [-0.2, 0) is 7.05 Å². The van der Waals surface area contributed by atoms with E-state index < -0.39 is 11.9 Å². The maximum Gasteiger partial charge on any atom is 0.153 e. The molecule has 0 bridgehead atoms. The molecule has 0 aliphatic heterocycles. The summed E-state index contributed by atoms with van der Waals surface area (Å²) in [5.41, 5.74) is 6.95. The molecule has 0 saturated carbocycles. The molecule has 1 heterocycles. The van der Waals surface area contributed by atoms with Gasteiger partial charge in [-0.05, 0) is 28.1 Å². The summed E-state index contributed by atoms with van der Waals surface area (Å²) in [5, 5.41) is 7.95. The number of nitrogens with two attached hydrogens (primary N) is 1. The highest BCUT2D eigenvalue weighted by molar-refractivity contribution is 9.10. The second kappa shape index (κ2) is 4.72. The van der Waals surface area contributed by atoms with Crippen molar-refractivity contribution in [3.8, 4) is 0 Å². The van der Waals surface area contributed by atoms with Gasteiger partial charge < -0.3 is 5.73 Å². The van der Waals surface area contributed by atoms with Gasteiger partial charge in [0, 0.05) is 17.6 Å². The first-order chi connectivity index (χ1) is 8.00. The van der Waals surface area contributed by atoms with Crippen LogP contribution in [0.25, 0.3) is 0 Å². The average Bonchev–Trinajstić information content (AvgIpc) is 2.58. The van der Waals surface area contributed by atoms with E-state index in [0.29, 0.717) is 20.9 Å². The van der Waals surface area contributed by atoms with Crippen molar-refractivity contribution in [2.24, 2.45) is 12.8 Å². The third kappa shape index (κ3) is 2.34. The SMILES string of the molecule is Cn1nnc(Br)c1C(N)c1ccc(Cl)cc1F. The summed E-state index contributed by atoms with van der Waals surface area (Å²) in [6.07, 6.45) is 0. The first-order valence-electron chi connectivity index (χ1n) is 4.76. The quantitative estimate of drug-likeness (QED) is 0.925. The molecule has 1 aromatic carbocycles. The molecule has 4 nitrogen and oxygen atoms in total. The lowest BCUT2D eigenvalue weighted by atomic mass is 10.0. The molecule has 1 aromatic heterocycles. The van der Waals surface area contributed by atoms with Crippen molar-refractivity contribution in [3.05, 3.63) is 44.9 Å². The van der Waals surface area contributed by atoms with Gasteiger partial charge in [-0.1, -0.05) is 22.9 Å². The van der Waals surface area contributed by atoms with Crippen molar-refractivity contribution in [1.29, 1.82) is 0 Å². The Bertz CT molecular complexity index is 538. The molecule has 17 heavy (non-hydrogen) atoms. The van der Waals surface area contributed by atoms with Gasteiger partial charge in [0.2, 0.25) is 0 Å². The van der Waals surface area contributed by atoms with Crippen LogP contribution in [0.4, 0.5) is 4.39 Å². The fraction of sp³-hybridized carbons (Fsp3) is 0.200. The Morgan fingerprint density at radius 1 is 1.53 bits per heavy atom. The predicted octanol–water partition coefficient (Wildman–Crippen LogP) is 2.42. The van der Waals surface area contributed by atoms with Crippen molar-refractivity contribution in [3.63, 3.8) is 0 Å². The molecule has 0 radical (unpaired) electrons. The van der Waals surface area contributed by atoms with E-state index in [0.717, 1.165) is 0 Å². The van der Waals surface area contributed by atoms with Gasteiger partial charge >= 0.3 is 0 Å². The van der Waals surface area contributed by atoms with Crippen LogP contribution in [0.2, 0.25) is 5.02 Å². The fourth-order valence-electron chi connectivity index (χ4n) is 1.57. The molecule has 1 atom stereocenters. The fourth-order valence-corrected chi connectivity index (χ4v) is 2.30. The topological polar surface area (TPSA) is 56.7 Å². The van der Waals surface area contributed by atoms with Gasteiger partial charge in [0.05, 0.1) is 11.7 Å². The lowest BCUT2D eigenvalue weighted by molar-refractivity contribution is 0.584. The van der Waals surface area contributed by atoms with Crippen molar-refractivity contribution < 1.29 is 4.39 Å². The number of hydrogen-bond acceptors (Lipinski definition) is 3. The number of aromatic nitrogens is 3. The monoisotopic (exact) mass is 318 g/mol. The first-order valence-corrected chi connectivity index (χ1v) is 5.93. The molecular formula is C10H9BrClFN4. The molecule has 0 aliphatic rings. The number of benzene rings is 1. The van der Waals surface area contributed by atoms with Crippen LogP contribution in [0.15, 0.2) is 22.8 Å². The van der Waals surface area contributed by atoms with Gasteiger partial charge in [-0.3, -0.25) is 0 Å². The van der Waals surface area contributed by atoms with Gasteiger partial charge in [-0.15, -0.1) is 5.10 Å². The number of halogens is 3. The summed E-state index contributed by atoms with van der Waals surface area (Å²) in [4.78, 5) is 0. The van der Waals surface area contributed by atoms with Gasteiger partial charge in [-0.2, -0.15) is 0 Å². The first kappa shape index (κ1) is 12.5. The standard InChI is InChI=1S/C10H9BrClFN4/c1-17-9(10(11)15-16-17)8(14)6-3-2-5(12)4-7(6)13/h2-4,8H,14H2,1H3. The molecular weight excluding hydrogens is 310 g/mol. The molecule has 2 N–H and O–H groups in total. The number of hydrogen-bond donors (Lipinski definition) is 1. The predicted molar refractivity (Wildman–Crippen MR) is 66.1 cm³/mol. The van der Waals surface area contributed by atoms with Crippen LogP contribution in [0.3, 0.4) is 0 Å². The second-order valence-corrected chi connectivity index (χ2v) is 4.72. The van der Waals surface area contributed by atoms with Gasteiger partial charge in [0.1, 0.15) is 5.82 Å². The van der Waals surface area contributed by atoms with Crippen molar-refractivity contribution >= 4 is 27.5 Å². The molecule has 2 aromatic rings. The van der Waals surface area contributed by atoms with Crippen LogP contribution in [0, 0.1) is 5.82 Å². The zero-order valence-corrected chi connectivity index (χ0v) is 11.2. The minimum Gasteiger partial charge on any atom is -0.319 e. The highest BCUT2D eigenvalue weighted by Crippen LogP contribution is 2.27. The summed E-state index contributed by atoms with van der Waals surface area (Å²) in [7, 11) is 1.70. The average molecular weight is 320 g/mol. The molecule has 0 aliphatic carbocycles. The van der Waals surface area contributed by atoms with Gasteiger partial charge in [0.15, 0.2) is 4.60 Å². The Morgan fingerprint density at radius 3 is 2.76 bits per heavy atom. The van der Waals surface area contributed by atoms with E-state index in [4.69, 9.17) is 17.3 Å². The van der Waals surface area contributed by atoms with E-state index >= 15 is 0 Å². The molecule has 0 fully saturated rings. The second-order valence-electron chi connectivity index (χ2n) is 3.53. The smallest absolute Gasteiger partial charge is 0.153 e. The molecule has 0 saturated heterocycles. The largest absolute Gasteiger partial charge is 0.319 e. The lowest BCUT2D eigenvalue weighted by Gasteiger charge is -2.13. The van der Waals surface area contributed by atoms with E-state index in [2.05, 4.69) is 26.2 Å². The van der Waals surface area contributed by atoms with Crippen LogP contribution in [0.5, 0.6) is 0 Å². The number of nitrogens with zero attached hydrogens (tertiary/aromatic N) is 3. The normalized spacial score (nSPS) is 12.8. The van der Waals surface area contributed by atoms with E-state index in [1.165, 1.54) is 10.7 Å². The third-order valence-electron chi connectivity index (χ3n) is 2.42. The zero-order valence-electron chi connectivity index (χ0n) is 8.86. The van der Waals surface area contributed by atoms with E-state index in [1.807, 2.05) is 0 Å². The van der Waals surface area contributed by atoms with Gasteiger partial charge in [-0.25, -0.2) is 9.07 Å². The van der Waals surface area contributed by atoms with Crippen LogP contribution >= 0.6 is 27.5 Å². The molecule has 0 amide bonds. The van der Waals surface area contributed by atoms with E-state index in [-0.39, 0.29) is 0 Å². The minimum atomic E-state index is -0.651. The highest BCUT2D eigenvalue weighted by Gasteiger charge is 2.20. The Kier molecular flexibility index (Phi) is 3.46. The van der Waals surface area contributed by atoms with E-state index in [9.17, 15) is 4.39 Å². The molecule has 2 rings (SSSR count). The summed E-state index contributed by atoms with van der Waals surface area (Å²) in [6.45, 7) is 0. The summed E-state index contributed by atoms with van der Waals surface area (Å²) < 4.78 is 15.7. The molecule has 90 valence electrons. The highest BCUT2D eigenvalue weighted by atomic mass is 79.9. The third-order valence-corrected chi connectivity index (χ3v) is 3.22. The molecule has 7 heteroatoms.